The molecular formula is C51H84O6. The van der Waals surface area contributed by atoms with Crippen LogP contribution in [-0.2, 0) is 28.6 Å². The third-order valence-electron chi connectivity index (χ3n) is 9.46. The average Bonchev–Trinajstić information content (AvgIpc) is 3.21. The molecule has 0 rings (SSSR count). The van der Waals surface area contributed by atoms with Crippen LogP contribution in [0.3, 0.4) is 0 Å². The van der Waals surface area contributed by atoms with Crippen molar-refractivity contribution in [2.24, 2.45) is 0 Å². The predicted octanol–water partition coefficient (Wildman–Crippen LogP) is 14.9. The fraction of sp³-hybridized carbons (Fsp3) is 0.667. The van der Waals surface area contributed by atoms with Crippen LogP contribution in [0.2, 0.25) is 0 Å². The van der Waals surface area contributed by atoms with Gasteiger partial charge < -0.3 is 14.2 Å². The number of hydrogen-bond donors (Lipinski definition) is 0. The van der Waals surface area contributed by atoms with E-state index in [1.54, 1.807) is 0 Å². The first-order chi connectivity index (χ1) is 28.0. The molecule has 57 heavy (non-hydrogen) atoms. The maximum absolute atomic E-state index is 12.7. The van der Waals surface area contributed by atoms with E-state index in [1.807, 2.05) is 42.5 Å². The van der Waals surface area contributed by atoms with Crippen LogP contribution in [0.25, 0.3) is 0 Å². The van der Waals surface area contributed by atoms with Crippen molar-refractivity contribution >= 4 is 17.9 Å². The van der Waals surface area contributed by atoms with Crippen LogP contribution in [0.5, 0.6) is 0 Å². The number of allylic oxidation sites excluding steroid dienone is 14. The summed E-state index contributed by atoms with van der Waals surface area (Å²) in [5.74, 6) is -1.05. The standard InChI is InChI=1S/C51H84O6/c1-4-7-10-13-16-19-22-25-28-31-34-37-40-43-49(52)55-46-48(57-51(54)45-42-39-36-33-30-27-24-21-18-15-12-9-6-3)47-56-50(53)44-41-38-35-32-29-26-23-20-17-14-11-8-5-2/h7,10,13,16,19,22,25-30,36,39,48H,4-6,8-9,11-12,14-15,17-18,20-21,23-24,31-35,37-38,40-47H2,1-3H3/b10-7-,16-13-,22-19-,28-25-,29-26-,30-27-,39-36-. The van der Waals surface area contributed by atoms with Crippen molar-refractivity contribution in [2.45, 2.75) is 207 Å². The van der Waals surface area contributed by atoms with Crippen molar-refractivity contribution in [3.8, 4) is 0 Å². The van der Waals surface area contributed by atoms with Crippen LogP contribution >= 0.6 is 0 Å². The molecule has 0 N–H and O–H groups in total. The van der Waals surface area contributed by atoms with Gasteiger partial charge in [0.25, 0.3) is 0 Å². The van der Waals surface area contributed by atoms with Gasteiger partial charge >= 0.3 is 17.9 Å². The Morgan fingerprint density at radius 3 is 1.30 bits per heavy atom. The minimum Gasteiger partial charge on any atom is -0.462 e. The Morgan fingerprint density at radius 2 is 0.789 bits per heavy atom. The van der Waals surface area contributed by atoms with Crippen LogP contribution < -0.4 is 0 Å². The summed E-state index contributed by atoms with van der Waals surface area (Å²) in [5, 5.41) is 0. The summed E-state index contributed by atoms with van der Waals surface area (Å²) in [5.41, 5.74) is 0. The third kappa shape index (κ3) is 43.6. The Hall–Kier alpha value is -3.41. The molecule has 0 aliphatic carbocycles. The van der Waals surface area contributed by atoms with E-state index in [-0.39, 0.29) is 31.6 Å². The summed E-state index contributed by atoms with van der Waals surface area (Å²) in [6.07, 6.45) is 57.2. The molecule has 0 saturated carbocycles. The molecule has 0 heterocycles. The first-order valence-corrected chi connectivity index (χ1v) is 23.1. The molecule has 0 radical (unpaired) electrons. The summed E-state index contributed by atoms with van der Waals surface area (Å²) < 4.78 is 16.6. The van der Waals surface area contributed by atoms with Crippen molar-refractivity contribution in [3.63, 3.8) is 0 Å². The molecule has 1 unspecified atom stereocenters. The van der Waals surface area contributed by atoms with Crippen LogP contribution in [0.15, 0.2) is 85.1 Å². The summed E-state index contributed by atoms with van der Waals surface area (Å²) in [4.78, 5) is 37.7. The Labute approximate surface area is 350 Å². The van der Waals surface area contributed by atoms with E-state index < -0.39 is 12.1 Å². The van der Waals surface area contributed by atoms with Crippen molar-refractivity contribution < 1.29 is 28.6 Å². The second kappa shape index (κ2) is 45.3. The Morgan fingerprint density at radius 1 is 0.386 bits per heavy atom. The highest BCUT2D eigenvalue weighted by Gasteiger charge is 2.19. The molecule has 0 fully saturated rings. The van der Waals surface area contributed by atoms with E-state index >= 15 is 0 Å². The minimum atomic E-state index is -0.827. The number of unbranched alkanes of at least 4 members (excludes halogenated alkanes) is 18. The quantitative estimate of drug-likeness (QED) is 0.0202. The molecule has 0 aromatic heterocycles. The smallest absolute Gasteiger partial charge is 0.306 e. The summed E-state index contributed by atoms with van der Waals surface area (Å²) >= 11 is 0. The van der Waals surface area contributed by atoms with Gasteiger partial charge in [-0.1, -0.05) is 183 Å². The molecule has 0 amide bonds. The van der Waals surface area contributed by atoms with Gasteiger partial charge in [0.1, 0.15) is 13.2 Å². The fourth-order valence-corrected chi connectivity index (χ4v) is 5.97. The second-order valence-corrected chi connectivity index (χ2v) is 15.0. The SMILES string of the molecule is CC\C=C/C=C\C=C/C=C\CCCCCC(=O)OCC(COC(=O)CCCCC/C=C\CCCCCCCC)OC(=O)CC/C=C\C/C=C\CCCCCCCC. The number of hydrogen-bond acceptors (Lipinski definition) is 6. The van der Waals surface area contributed by atoms with E-state index in [2.05, 4.69) is 63.3 Å². The number of carbonyl (C=O) groups excluding carboxylic acids is 3. The predicted molar refractivity (Wildman–Crippen MR) is 242 cm³/mol. The van der Waals surface area contributed by atoms with E-state index in [1.165, 1.54) is 77.0 Å². The lowest BCUT2D eigenvalue weighted by atomic mass is 10.1. The highest BCUT2D eigenvalue weighted by molar-refractivity contribution is 5.71. The molecule has 0 saturated heterocycles. The molecule has 0 aliphatic rings. The largest absolute Gasteiger partial charge is 0.462 e. The van der Waals surface area contributed by atoms with Crippen LogP contribution in [-0.4, -0.2) is 37.2 Å². The Kier molecular flexibility index (Phi) is 42.6. The highest BCUT2D eigenvalue weighted by atomic mass is 16.6. The van der Waals surface area contributed by atoms with Gasteiger partial charge in [0.15, 0.2) is 6.10 Å². The van der Waals surface area contributed by atoms with Gasteiger partial charge in [0.2, 0.25) is 0 Å². The number of carbonyl (C=O) groups is 3. The van der Waals surface area contributed by atoms with Crippen LogP contribution in [0, 0.1) is 0 Å². The van der Waals surface area contributed by atoms with Crippen LogP contribution in [0.1, 0.15) is 201 Å². The maximum atomic E-state index is 12.7. The zero-order chi connectivity index (χ0) is 41.5. The summed E-state index contributed by atoms with van der Waals surface area (Å²) in [6, 6.07) is 0. The van der Waals surface area contributed by atoms with E-state index in [0.717, 1.165) is 77.0 Å². The minimum absolute atomic E-state index is 0.121. The van der Waals surface area contributed by atoms with Gasteiger partial charge in [0, 0.05) is 19.3 Å². The third-order valence-corrected chi connectivity index (χ3v) is 9.46. The first-order valence-electron chi connectivity index (χ1n) is 23.1. The lowest BCUT2D eigenvalue weighted by Crippen LogP contribution is -2.30. The summed E-state index contributed by atoms with van der Waals surface area (Å²) in [6.45, 7) is 6.36. The topological polar surface area (TPSA) is 78.9 Å². The number of rotatable bonds is 40. The van der Waals surface area contributed by atoms with Crippen molar-refractivity contribution in [1.82, 2.24) is 0 Å². The van der Waals surface area contributed by atoms with Gasteiger partial charge in [-0.05, 0) is 83.5 Å². The van der Waals surface area contributed by atoms with Gasteiger partial charge in [-0.3, -0.25) is 14.4 Å². The van der Waals surface area contributed by atoms with Gasteiger partial charge in [0.05, 0.1) is 0 Å². The number of esters is 3. The molecule has 0 aromatic rings. The van der Waals surface area contributed by atoms with E-state index in [9.17, 15) is 14.4 Å². The zero-order valence-electron chi connectivity index (χ0n) is 36.8. The molecule has 6 heteroatoms. The van der Waals surface area contributed by atoms with Crippen molar-refractivity contribution in [1.29, 1.82) is 0 Å². The normalized spacial score (nSPS) is 12.8. The maximum Gasteiger partial charge on any atom is 0.306 e. The van der Waals surface area contributed by atoms with Crippen LogP contribution in [0.4, 0.5) is 0 Å². The average molecular weight is 793 g/mol. The summed E-state index contributed by atoms with van der Waals surface area (Å²) in [7, 11) is 0. The highest BCUT2D eigenvalue weighted by Crippen LogP contribution is 2.11. The van der Waals surface area contributed by atoms with E-state index in [0.29, 0.717) is 19.3 Å². The molecule has 324 valence electrons. The molecule has 1 atom stereocenters. The molecular weight excluding hydrogens is 709 g/mol. The Bertz CT molecular complexity index is 1140. The van der Waals surface area contributed by atoms with Gasteiger partial charge in [-0.25, -0.2) is 0 Å². The number of ether oxygens (including phenoxy) is 3. The first kappa shape index (κ1) is 53.6. The molecule has 0 aliphatic heterocycles. The molecule has 0 aromatic carbocycles. The van der Waals surface area contributed by atoms with Gasteiger partial charge in [-0.2, -0.15) is 0 Å². The molecule has 6 nitrogen and oxygen atoms in total. The second-order valence-electron chi connectivity index (χ2n) is 15.0. The lowest BCUT2D eigenvalue weighted by molar-refractivity contribution is -0.166. The molecule has 0 bridgehead atoms. The van der Waals surface area contributed by atoms with Crippen molar-refractivity contribution in [3.05, 3.63) is 85.1 Å². The van der Waals surface area contributed by atoms with Crippen molar-refractivity contribution in [2.75, 3.05) is 13.2 Å². The van der Waals surface area contributed by atoms with E-state index in [4.69, 9.17) is 14.2 Å². The van der Waals surface area contributed by atoms with Gasteiger partial charge in [-0.15, -0.1) is 0 Å². The zero-order valence-corrected chi connectivity index (χ0v) is 36.8. The fourth-order valence-electron chi connectivity index (χ4n) is 5.97. The Balaban J connectivity index is 4.56. The lowest BCUT2D eigenvalue weighted by Gasteiger charge is -2.18. The molecule has 0 spiro atoms. The monoisotopic (exact) mass is 793 g/mol.